The van der Waals surface area contributed by atoms with E-state index in [1.807, 2.05) is 22.9 Å². The van der Waals surface area contributed by atoms with Gasteiger partial charge in [-0.05, 0) is 18.2 Å². The first-order valence-corrected chi connectivity index (χ1v) is 6.14. The van der Waals surface area contributed by atoms with Crippen molar-refractivity contribution in [2.75, 3.05) is 0 Å². The molecule has 3 heterocycles. The van der Waals surface area contributed by atoms with Gasteiger partial charge in [-0.15, -0.1) is 0 Å². The number of carbonyl (C=O) groups is 1. The number of pyridine rings is 2. The van der Waals surface area contributed by atoms with E-state index in [1.165, 1.54) is 6.20 Å². The molecular formula is C14H12N6O. The van der Waals surface area contributed by atoms with E-state index in [-0.39, 0.29) is 5.84 Å². The van der Waals surface area contributed by atoms with Crippen molar-refractivity contribution in [2.45, 2.75) is 0 Å². The van der Waals surface area contributed by atoms with Crippen molar-refractivity contribution in [1.82, 2.24) is 14.5 Å². The van der Waals surface area contributed by atoms with Crippen molar-refractivity contribution in [3.05, 3.63) is 54.1 Å². The highest BCUT2D eigenvalue weighted by Crippen LogP contribution is 2.19. The fraction of sp³-hybridized carbons (Fsp3) is 0. The Labute approximate surface area is 119 Å². The van der Waals surface area contributed by atoms with E-state index in [4.69, 9.17) is 11.6 Å². The highest BCUT2D eigenvalue weighted by molar-refractivity contribution is 5.97. The van der Waals surface area contributed by atoms with Crippen molar-refractivity contribution in [2.24, 2.45) is 16.7 Å². The molecule has 0 unspecified atom stereocenters. The van der Waals surface area contributed by atoms with Crippen molar-refractivity contribution in [1.29, 1.82) is 0 Å². The molecule has 0 atom stereocenters. The standard InChI is InChI=1S/C14H12N6O/c15-13(19-16)11-4-12(7-17-6-11)20-2-1-10-3-9(8-21)5-18-14(10)20/h1-8H,16H2,(H2,15,19). The number of rotatable bonds is 3. The second-order valence-corrected chi connectivity index (χ2v) is 4.43. The maximum Gasteiger partial charge on any atom is 0.151 e. The molecule has 104 valence electrons. The molecule has 7 nitrogen and oxygen atoms in total. The number of nitrogens with two attached hydrogens (primary N) is 2. The minimum absolute atomic E-state index is 0.206. The van der Waals surface area contributed by atoms with E-state index in [1.54, 1.807) is 18.5 Å². The molecular weight excluding hydrogens is 268 g/mol. The van der Waals surface area contributed by atoms with Crippen molar-refractivity contribution in [3.8, 4) is 5.69 Å². The Bertz CT molecular complexity index is 852. The molecule has 0 aliphatic heterocycles. The summed E-state index contributed by atoms with van der Waals surface area (Å²) in [5, 5.41) is 4.32. The molecule has 0 fully saturated rings. The minimum atomic E-state index is 0.206. The number of nitrogens with zero attached hydrogens (tertiary/aromatic N) is 4. The number of hydrazone groups is 1. The lowest BCUT2D eigenvalue weighted by Gasteiger charge is -2.06. The smallest absolute Gasteiger partial charge is 0.151 e. The van der Waals surface area contributed by atoms with E-state index in [0.29, 0.717) is 11.1 Å². The molecule has 0 saturated heterocycles. The van der Waals surface area contributed by atoms with Gasteiger partial charge < -0.3 is 11.6 Å². The first-order chi connectivity index (χ1) is 10.2. The van der Waals surface area contributed by atoms with Crippen LogP contribution in [0.1, 0.15) is 15.9 Å². The van der Waals surface area contributed by atoms with Crippen LogP contribution in [0.4, 0.5) is 0 Å². The third kappa shape index (κ3) is 2.20. The van der Waals surface area contributed by atoms with Gasteiger partial charge in [0.25, 0.3) is 0 Å². The number of aldehydes is 1. The van der Waals surface area contributed by atoms with E-state index < -0.39 is 0 Å². The van der Waals surface area contributed by atoms with Gasteiger partial charge in [-0.3, -0.25) is 14.3 Å². The van der Waals surface area contributed by atoms with Crippen molar-refractivity contribution >= 4 is 23.2 Å². The van der Waals surface area contributed by atoms with Gasteiger partial charge in [-0.1, -0.05) is 0 Å². The quantitative estimate of drug-likeness (QED) is 0.242. The van der Waals surface area contributed by atoms with Crippen LogP contribution >= 0.6 is 0 Å². The molecule has 21 heavy (non-hydrogen) atoms. The number of hydrogen-bond acceptors (Lipinski definition) is 5. The molecule has 3 rings (SSSR count). The van der Waals surface area contributed by atoms with Crippen LogP contribution in [-0.4, -0.2) is 26.7 Å². The zero-order valence-electron chi connectivity index (χ0n) is 11.0. The topological polar surface area (TPSA) is 112 Å². The molecule has 7 heteroatoms. The fourth-order valence-electron chi connectivity index (χ4n) is 2.09. The number of amidine groups is 1. The molecule has 0 radical (unpaired) electrons. The molecule has 0 spiro atoms. The van der Waals surface area contributed by atoms with E-state index in [0.717, 1.165) is 23.0 Å². The van der Waals surface area contributed by atoms with Gasteiger partial charge in [0.15, 0.2) is 12.1 Å². The largest absolute Gasteiger partial charge is 0.382 e. The summed E-state index contributed by atoms with van der Waals surface area (Å²) in [6, 6.07) is 5.47. The average Bonchev–Trinajstić information content (AvgIpc) is 2.97. The molecule has 4 N–H and O–H groups in total. The van der Waals surface area contributed by atoms with Crippen molar-refractivity contribution < 1.29 is 4.79 Å². The fourth-order valence-corrected chi connectivity index (χ4v) is 2.09. The predicted molar refractivity (Wildman–Crippen MR) is 79.2 cm³/mol. The van der Waals surface area contributed by atoms with Crippen LogP contribution in [0.25, 0.3) is 16.7 Å². The number of fused-ring (bicyclic) bond motifs is 1. The molecule has 0 aliphatic carbocycles. The van der Waals surface area contributed by atoms with Gasteiger partial charge in [0.05, 0.1) is 11.9 Å². The molecule has 3 aromatic heterocycles. The molecule has 0 saturated carbocycles. The summed E-state index contributed by atoms with van der Waals surface area (Å²) in [5.74, 6) is 5.38. The van der Waals surface area contributed by atoms with Crippen LogP contribution in [-0.2, 0) is 0 Å². The second kappa shape index (κ2) is 5.04. The Balaban J connectivity index is 2.14. The molecule has 0 bridgehead atoms. The van der Waals surface area contributed by atoms with Gasteiger partial charge in [-0.25, -0.2) is 4.98 Å². The monoisotopic (exact) mass is 280 g/mol. The summed E-state index contributed by atoms with van der Waals surface area (Å²) in [6.07, 6.45) is 7.41. The van der Waals surface area contributed by atoms with Crippen LogP contribution < -0.4 is 11.6 Å². The van der Waals surface area contributed by atoms with Crippen LogP contribution in [0, 0.1) is 0 Å². The maximum absolute atomic E-state index is 10.8. The Morgan fingerprint density at radius 1 is 1.29 bits per heavy atom. The lowest BCUT2D eigenvalue weighted by molar-refractivity contribution is 0.112. The number of carbonyl (C=O) groups excluding carboxylic acids is 1. The van der Waals surface area contributed by atoms with Gasteiger partial charge in [0, 0.05) is 35.1 Å². The van der Waals surface area contributed by atoms with E-state index >= 15 is 0 Å². The summed E-state index contributed by atoms with van der Waals surface area (Å²) in [4.78, 5) is 19.2. The van der Waals surface area contributed by atoms with E-state index in [2.05, 4.69) is 15.1 Å². The summed E-state index contributed by atoms with van der Waals surface area (Å²) in [5.41, 5.74) is 8.35. The minimum Gasteiger partial charge on any atom is -0.382 e. The van der Waals surface area contributed by atoms with Gasteiger partial charge in [0.2, 0.25) is 0 Å². The number of aromatic nitrogens is 3. The third-order valence-corrected chi connectivity index (χ3v) is 3.12. The van der Waals surface area contributed by atoms with E-state index in [9.17, 15) is 4.79 Å². The SMILES string of the molecule is N/N=C(\N)c1cncc(-n2ccc3cc(C=O)cnc32)c1. The Morgan fingerprint density at radius 2 is 2.14 bits per heavy atom. The van der Waals surface area contributed by atoms with Gasteiger partial charge in [0.1, 0.15) is 5.65 Å². The average molecular weight is 280 g/mol. The van der Waals surface area contributed by atoms with Crippen LogP contribution in [0.3, 0.4) is 0 Å². The van der Waals surface area contributed by atoms with Crippen LogP contribution in [0.15, 0.2) is 48.1 Å². The Morgan fingerprint density at radius 3 is 2.90 bits per heavy atom. The molecule has 0 aromatic carbocycles. The van der Waals surface area contributed by atoms with Crippen molar-refractivity contribution in [3.63, 3.8) is 0 Å². The first-order valence-electron chi connectivity index (χ1n) is 6.14. The molecule has 0 aliphatic rings. The van der Waals surface area contributed by atoms with Crippen LogP contribution in [0.2, 0.25) is 0 Å². The van der Waals surface area contributed by atoms with Gasteiger partial charge in [-0.2, -0.15) is 5.10 Å². The van der Waals surface area contributed by atoms with Gasteiger partial charge >= 0.3 is 0 Å². The summed E-state index contributed by atoms with van der Waals surface area (Å²) >= 11 is 0. The lowest BCUT2D eigenvalue weighted by Crippen LogP contribution is -2.16. The Hall–Kier alpha value is -3.22. The lowest BCUT2D eigenvalue weighted by atomic mass is 10.2. The predicted octanol–water partition coefficient (Wildman–Crippen LogP) is 0.812. The number of hydrogen-bond donors (Lipinski definition) is 2. The first kappa shape index (κ1) is 12.8. The highest BCUT2D eigenvalue weighted by Gasteiger charge is 2.07. The molecule has 0 amide bonds. The summed E-state index contributed by atoms with van der Waals surface area (Å²) < 4.78 is 1.85. The summed E-state index contributed by atoms with van der Waals surface area (Å²) in [7, 11) is 0. The normalized spacial score (nSPS) is 11.7. The zero-order valence-corrected chi connectivity index (χ0v) is 11.0. The Kier molecular flexibility index (Phi) is 3.07. The van der Waals surface area contributed by atoms with Crippen LogP contribution in [0.5, 0.6) is 0 Å². The molecule has 3 aromatic rings. The third-order valence-electron chi connectivity index (χ3n) is 3.12. The maximum atomic E-state index is 10.8. The highest BCUT2D eigenvalue weighted by atomic mass is 16.1. The summed E-state index contributed by atoms with van der Waals surface area (Å²) in [6.45, 7) is 0. The zero-order chi connectivity index (χ0) is 14.8. The second-order valence-electron chi connectivity index (χ2n) is 4.43.